The van der Waals surface area contributed by atoms with Gasteiger partial charge in [-0.15, -0.1) is 0 Å². The highest BCUT2D eigenvalue weighted by molar-refractivity contribution is 9.10. The van der Waals surface area contributed by atoms with Gasteiger partial charge in [0.05, 0.1) is 27.7 Å². The lowest BCUT2D eigenvalue weighted by molar-refractivity contribution is 0.411. The maximum Gasteiger partial charge on any atom is 0.262 e. The van der Waals surface area contributed by atoms with Gasteiger partial charge in [-0.3, -0.25) is 4.72 Å². The van der Waals surface area contributed by atoms with Crippen molar-refractivity contribution in [2.75, 3.05) is 17.6 Å². The predicted molar refractivity (Wildman–Crippen MR) is 120 cm³/mol. The van der Waals surface area contributed by atoms with Gasteiger partial charge in [-0.1, -0.05) is 11.8 Å². The van der Waals surface area contributed by atoms with Crippen molar-refractivity contribution in [3.05, 3.63) is 75.4 Å². The lowest BCUT2D eigenvalue weighted by Gasteiger charge is -2.11. The van der Waals surface area contributed by atoms with Crippen LogP contribution in [-0.2, 0) is 10.0 Å². The molecule has 0 atom stereocenters. The van der Waals surface area contributed by atoms with Crippen LogP contribution in [0.25, 0.3) is 0 Å². The number of anilines is 2. The third-order valence-corrected chi connectivity index (χ3v) is 6.19. The molecule has 0 aliphatic heterocycles. The molecule has 7 nitrogen and oxygen atoms in total. The van der Waals surface area contributed by atoms with Crippen molar-refractivity contribution in [3.8, 4) is 17.6 Å². The number of nitrogens with two attached hydrogens (primary N) is 1. The van der Waals surface area contributed by atoms with E-state index in [0.29, 0.717) is 15.8 Å². The van der Waals surface area contributed by atoms with Crippen molar-refractivity contribution >= 4 is 43.7 Å². The monoisotopic (exact) mass is 520 g/mol. The van der Waals surface area contributed by atoms with Crippen LogP contribution in [0.2, 0.25) is 0 Å². The number of benzene rings is 2. The summed E-state index contributed by atoms with van der Waals surface area (Å²) in [6.45, 7) is 0. The third kappa shape index (κ3) is 4.87. The van der Waals surface area contributed by atoms with E-state index >= 15 is 0 Å². The average Bonchev–Trinajstić information content (AvgIpc) is 2.76. The fourth-order valence-electron chi connectivity index (χ4n) is 2.57. The van der Waals surface area contributed by atoms with E-state index in [2.05, 4.69) is 37.5 Å². The Morgan fingerprint density at radius 2 is 1.97 bits per heavy atom. The summed E-state index contributed by atoms with van der Waals surface area (Å²) in [5, 5.41) is 7.28. The van der Waals surface area contributed by atoms with Gasteiger partial charge in [0.25, 0.3) is 10.0 Å². The fraction of sp³-hybridized carbons (Fsp3) is 0.0476. The van der Waals surface area contributed by atoms with Crippen LogP contribution in [-0.4, -0.2) is 26.7 Å². The van der Waals surface area contributed by atoms with E-state index in [0.717, 1.165) is 18.3 Å². The first-order chi connectivity index (χ1) is 15.2. The van der Waals surface area contributed by atoms with Crippen LogP contribution >= 0.6 is 15.9 Å². The van der Waals surface area contributed by atoms with E-state index in [1.54, 1.807) is 0 Å². The maximum atomic E-state index is 14.9. The van der Waals surface area contributed by atoms with E-state index in [1.165, 1.54) is 37.6 Å². The molecule has 0 aliphatic carbocycles. The number of nitrogens with zero attached hydrogens (tertiary/aromatic N) is 1. The van der Waals surface area contributed by atoms with Gasteiger partial charge in [0.2, 0.25) is 0 Å². The standard InChI is InChI=1S/C21H15BrF2N4O3S/c1-31-19-7-3-14(9-16(19)22)32(29,30)28-18-6-5-17(23)15(20(18)24)4-2-12-8-13(10-25)21(26)27-11-12/h3,5-11,25,28H,1H3,(H2,26,27). The van der Waals surface area contributed by atoms with E-state index in [9.17, 15) is 17.2 Å². The second-order valence-corrected chi connectivity index (χ2v) is 8.82. The summed E-state index contributed by atoms with van der Waals surface area (Å²) < 4.78 is 62.0. The van der Waals surface area contributed by atoms with Gasteiger partial charge >= 0.3 is 0 Å². The summed E-state index contributed by atoms with van der Waals surface area (Å²) in [6.07, 6.45) is 2.26. The fourth-order valence-corrected chi connectivity index (χ4v) is 4.35. The zero-order chi connectivity index (χ0) is 23.5. The predicted octanol–water partition coefficient (Wildman–Crippen LogP) is 3.91. The number of pyridine rings is 1. The lowest BCUT2D eigenvalue weighted by atomic mass is 10.1. The van der Waals surface area contributed by atoms with Gasteiger partial charge < -0.3 is 15.9 Å². The Morgan fingerprint density at radius 1 is 1.22 bits per heavy atom. The smallest absolute Gasteiger partial charge is 0.262 e. The molecule has 0 radical (unpaired) electrons. The van der Waals surface area contributed by atoms with Crippen LogP contribution in [0.15, 0.2) is 52.0 Å². The Labute approximate surface area is 191 Å². The van der Waals surface area contributed by atoms with E-state index < -0.39 is 32.9 Å². The Morgan fingerprint density at radius 3 is 2.62 bits per heavy atom. The van der Waals surface area contributed by atoms with Gasteiger partial charge in [-0.2, -0.15) is 0 Å². The highest BCUT2D eigenvalue weighted by Crippen LogP contribution is 2.29. The molecule has 0 bridgehead atoms. The van der Waals surface area contributed by atoms with Crippen molar-refractivity contribution in [2.24, 2.45) is 0 Å². The summed E-state index contributed by atoms with van der Waals surface area (Å²) >= 11 is 3.19. The number of ether oxygens (including phenoxy) is 1. The van der Waals surface area contributed by atoms with Crippen molar-refractivity contribution in [1.82, 2.24) is 4.98 Å². The summed E-state index contributed by atoms with van der Waals surface area (Å²) in [4.78, 5) is 3.70. The van der Waals surface area contributed by atoms with Crippen LogP contribution in [0, 0.1) is 28.9 Å². The molecule has 1 aromatic heterocycles. The molecule has 11 heteroatoms. The number of aromatic nitrogens is 1. The molecular weight excluding hydrogens is 506 g/mol. The number of halogens is 3. The highest BCUT2D eigenvalue weighted by Gasteiger charge is 2.20. The van der Waals surface area contributed by atoms with E-state index in [-0.39, 0.29) is 16.3 Å². The topological polar surface area (TPSA) is 118 Å². The average molecular weight is 521 g/mol. The Balaban J connectivity index is 1.97. The van der Waals surface area contributed by atoms with Crippen LogP contribution in [0.4, 0.5) is 20.3 Å². The molecule has 2 aromatic carbocycles. The number of rotatable bonds is 5. The largest absolute Gasteiger partial charge is 0.496 e. The van der Waals surface area contributed by atoms with Crippen molar-refractivity contribution < 1.29 is 21.9 Å². The first kappa shape index (κ1) is 23.2. The third-order valence-electron chi connectivity index (χ3n) is 4.21. The Hall–Kier alpha value is -3.49. The molecule has 0 spiro atoms. The SMILES string of the molecule is COc1ccc(S(=O)(=O)Nc2ccc(F)c(C#Cc3cnc(N)c(C=N)c3)c2F)cc1Br. The molecule has 3 rings (SSSR count). The molecule has 0 saturated carbocycles. The van der Waals surface area contributed by atoms with Crippen molar-refractivity contribution in [1.29, 1.82) is 5.41 Å². The molecule has 164 valence electrons. The second-order valence-electron chi connectivity index (χ2n) is 6.28. The molecule has 4 N–H and O–H groups in total. The van der Waals surface area contributed by atoms with Gasteiger partial charge in [0.1, 0.15) is 17.4 Å². The van der Waals surface area contributed by atoms with Gasteiger partial charge in [0, 0.05) is 23.5 Å². The summed E-state index contributed by atoms with van der Waals surface area (Å²) in [5.74, 6) is 3.26. The number of hydrogen-bond acceptors (Lipinski definition) is 6. The zero-order valence-corrected chi connectivity index (χ0v) is 18.8. The minimum atomic E-state index is -4.19. The zero-order valence-electron chi connectivity index (χ0n) is 16.4. The number of sulfonamides is 1. The first-order valence-corrected chi connectivity index (χ1v) is 11.1. The number of methoxy groups -OCH3 is 1. The summed E-state index contributed by atoms with van der Waals surface area (Å²) in [5.41, 5.74) is 5.06. The number of nitrogen functional groups attached to an aromatic ring is 1. The number of nitrogens with one attached hydrogen (secondary N) is 2. The molecule has 3 aromatic rings. The molecule has 1 heterocycles. The molecule has 0 fully saturated rings. The van der Waals surface area contributed by atoms with Crippen LogP contribution < -0.4 is 15.2 Å². The van der Waals surface area contributed by atoms with Gasteiger partial charge in [0.15, 0.2) is 5.82 Å². The van der Waals surface area contributed by atoms with E-state index in [4.69, 9.17) is 15.9 Å². The molecular formula is C21H15BrF2N4O3S. The lowest BCUT2D eigenvalue weighted by Crippen LogP contribution is -2.15. The molecule has 0 aliphatic rings. The highest BCUT2D eigenvalue weighted by atomic mass is 79.9. The first-order valence-electron chi connectivity index (χ1n) is 8.78. The van der Waals surface area contributed by atoms with Crippen LogP contribution in [0.1, 0.15) is 16.7 Å². The minimum absolute atomic E-state index is 0.115. The summed E-state index contributed by atoms with van der Waals surface area (Å²) in [7, 11) is -2.76. The van der Waals surface area contributed by atoms with Crippen molar-refractivity contribution in [3.63, 3.8) is 0 Å². The molecule has 32 heavy (non-hydrogen) atoms. The van der Waals surface area contributed by atoms with Crippen LogP contribution in [0.3, 0.4) is 0 Å². The normalized spacial score (nSPS) is 10.8. The maximum absolute atomic E-state index is 14.9. The number of hydrogen-bond donors (Lipinski definition) is 3. The quantitative estimate of drug-likeness (QED) is 0.348. The second kappa shape index (κ2) is 9.33. The van der Waals surface area contributed by atoms with Crippen molar-refractivity contribution in [2.45, 2.75) is 4.90 Å². The minimum Gasteiger partial charge on any atom is -0.496 e. The molecule has 0 unspecified atom stereocenters. The Kier molecular flexibility index (Phi) is 6.76. The molecule has 0 amide bonds. The van der Waals surface area contributed by atoms with Gasteiger partial charge in [-0.25, -0.2) is 22.2 Å². The van der Waals surface area contributed by atoms with Gasteiger partial charge in [-0.05, 0) is 52.3 Å². The Bertz CT molecular complexity index is 1390. The van der Waals surface area contributed by atoms with E-state index in [1.807, 2.05) is 0 Å². The van der Waals surface area contributed by atoms with Crippen LogP contribution in [0.5, 0.6) is 5.75 Å². The summed E-state index contributed by atoms with van der Waals surface area (Å²) in [6, 6.07) is 7.30. The molecule has 0 saturated heterocycles.